The number of likely N-dealkylation sites (N-methyl/N-ethyl adjacent to an activating group) is 2. The average Bonchev–Trinajstić information content (AvgIpc) is 3.28. The molecule has 2 amide bonds. The van der Waals surface area contributed by atoms with E-state index < -0.39 is 102 Å². The number of nitrogens with zero attached hydrogens (tertiary/aromatic N) is 2. The monoisotopic (exact) mass is 928 g/mol. The van der Waals surface area contributed by atoms with Gasteiger partial charge in [0.05, 0.1) is 41.9 Å². The van der Waals surface area contributed by atoms with Crippen LogP contribution in [0.15, 0.2) is 60.7 Å². The van der Waals surface area contributed by atoms with Crippen molar-refractivity contribution >= 4 is 23.8 Å². The van der Waals surface area contributed by atoms with Crippen molar-refractivity contribution in [2.24, 2.45) is 17.8 Å². The summed E-state index contributed by atoms with van der Waals surface area (Å²) in [5, 5.41) is 61.6. The number of esters is 1. The van der Waals surface area contributed by atoms with Gasteiger partial charge in [-0.25, -0.2) is 4.79 Å². The van der Waals surface area contributed by atoms with Crippen LogP contribution in [0.5, 0.6) is 0 Å². The highest BCUT2D eigenvalue weighted by molar-refractivity contribution is 5.88. The third kappa shape index (κ3) is 14.5. The number of rotatable bonds is 14. The Balaban J connectivity index is 1.53. The van der Waals surface area contributed by atoms with E-state index >= 15 is 0 Å². The summed E-state index contributed by atoms with van der Waals surface area (Å²) in [6, 6.07) is 16.1. The molecule has 0 spiro atoms. The molecule has 0 aliphatic carbocycles. The van der Waals surface area contributed by atoms with Crippen molar-refractivity contribution in [3.05, 3.63) is 71.8 Å². The molecule has 15 atom stereocenters. The first-order valence-corrected chi connectivity index (χ1v) is 23.5. The van der Waals surface area contributed by atoms with Crippen LogP contribution in [0.25, 0.3) is 0 Å². The molecule has 16 heteroatoms. The van der Waals surface area contributed by atoms with Crippen molar-refractivity contribution in [1.29, 1.82) is 0 Å². The largest absolute Gasteiger partial charge is 0.459 e. The third-order valence-electron chi connectivity index (χ3n) is 13.7. The summed E-state index contributed by atoms with van der Waals surface area (Å²) in [5.41, 5.74) is -1.81. The summed E-state index contributed by atoms with van der Waals surface area (Å²) in [6.45, 7) is 13.6. The van der Waals surface area contributed by atoms with Crippen molar-refractivity contribution in [2.45, 2.75) is 179 Å². The highest BCUT2D eigenvalue weighted by atomic mass is 16.7. The lowest BCUT2D eigenvalue weighted by Crippen LogP contribution is -2.60. The van der Waals surface area contributed by atoms with Crippen molar-refractivity contribution in [3.63, 3.8) is 0 Å². The van der Waals surface area contributed by atoms with E-state index in [1.807, 2.05) is 72.5 Å². The van der Waals surface area contributed by atoms with Crippen LogP contribution >= 0.6 is 0 Å². The molecule has 2 heterocycles. The molecular formula is C50H77N3O13. The fraction of sp³-hybridized carbons (Fsp3) is 0.680. The first kappa shape index (κ1) is 54.6. The Morgan fingerprint density at radius 1 is 0.924 bits per heavy atom. The number of benzene rings is 2. The molecule has 370 valence electrons. The molecule has 0 saturated carbocycles. The molecule has 6 N–H and O–H groups in total. The number of aryl methyl sites for hydroxylation is 1. The quantitative estimate of drug-likeness (QED) is 0.147. The van der Waals surface area contributed by atoms with E-state index in [9.17, 15) is 44.7 Å². The molecule has 0 aromatic heterocycles. The van der Waals surface area contributed by atoms with Crippen LogP contribution < -0.4 is 5.32 Å². The van der Waals surface area contributed by atoms with Crippen molar-refractivity contribution in [1.82, 2.24) is 15.1 Å². The van der Waals surface area contributed by atoms with Gasteiger partial charge in [0.2, 0.25) is 5.91 Å². The van der Waals surface area contributed by atoms with Gasteiger partial charge in [0.1, 0.15) is 30.5 Å². The summed E-state index contributed by atoms with van der Waals surface area (Å²) in [5.74, 6) is -3.87. The first-order chi connectivity index (χ1) is 31.0. The Hall–Kier alpha value is -4.00. The number of nitrogens with one attached hydrogen (secondary N) is 1. The lowest BCUT2D eigenvalue weighted by molar-refractivity contribution is -0.299. The van der Waals surface area contributed by atoms with Crippen LogP contribution in [-0.2, 0) is 46.4 Å². The number of aliphatic hydroxyl groups is 5. The number of hydrogen-bond acceptors (Lipinski definition) is 14. The van der Waals surface area contributed by atoms with Crippen LogP contribution in [0.4, 0.5) is 4.79 Å². The van der Waals surface area contributed by atoms with Crippen molar-refractivity contribution in [3.8, 4) is 0 Å². The number of carbonyl (C=O) groups is 4. The van der Waals surface area contributed by atoms with Gasteiger partial charge in [-0.3, -0.25) is 14.4 Å². The number of amides is 2. The number of ether oxygens (including phenoxy) is 4. The zero-order chi connectivity index (χ0) is 49.1. The van der Waals surface area contributed by atoms with Gasteiger partial charge >= 0.3 is 12.1 Å². The summed E-state index contributed by atoms with van der Waals surface area (Å²) >= 11 is 0. The maximum Gasteiger partial charge on any atom is 0.408 e. The number of alkyl carbamates (subject to hydrolysis) is 1. The van der Waals surface area contributed by atoms with Gasteiger partial charge < -0.3 is 59.6 Å². The standard InChI is InChI=1S/C50H77N3O13/c1-11-40-50(8,62)44(58)34(6)52(9)28-30(2)27-49(7,61)45(32(4)42(56)33(5)46(59)65-40)66-47-43(57)38(26-31(3)64-47)53(10)41(55)25-23-37(39(54)24-22-35-18-14-12-15-19-35)51-48(60)63-29-36-20-16-13-17-21-36/h12-21,30-34,37-38,40,42-45,47,56-58,61-62H,11,22-29H2,1-10H3,(H,51,60)/t30-,31-,32+,33-,34-,37-,38+,40-,42+,43-,44-,45-,47+,49-,50-/m1/s1. The minimum atomic E-state index is -1.83. The van der Waals surface area contributed by atoms with Crippen molar-refractivity contribution in [2.75, 3.05) is 20.6 Å². The van der Waals surface area contributed by atoms with Gasteiger partial charge in [-0.15, -0.1) is 0 Å². The molecule has 2 aromatic rings. The molecule has 2 saturated heterocycles. The topological polar surface area (TPSA) is 225 Å². The number of cyclic esters (lactones) is 1. The SMILES string of the molecule is CC[C@H]1OC(=O)[C@H](C)[C@@H](O)[C@H](C)[C@@H](O[C@@H]2O[C@H](C)C[C@H](N(C)C(=O)CC[C@@H](NC(=O)OCc3ccccc3)C(=O)CCc3ccccc3)[C@H]2O)[C@](C)(O)C[C@@H](C)CN(C)[C@H](C)[C@@H](O)[C@]1(C)O. The number of hydrogen-bond donors (Lipinski definition) is 6. The normalized spacial score (nSPS) is 34.5. The minimum absolute atomic E-state index is 0.00782. The average molecular weight is 928 g/mol. The second-order valence-corrected chi connectivity index (χ2v) is 19.4. The fourth-order valence-corrected chi connectivity index (χ4v) is 9.54. The van der Waals surface area contributed by atoms with E-state index in [4.69, 9.17) is 18.9 Å². The van der Waals surface area contributed by atoms with E-state index in [1.54, 1.807) is 41.7 Å². The Morgan fingerprint density at radius 2 is 1.53 bits per heavy atom. The molecule has 66 heavy (non-hydrogen) atoms. The summed E-state index contributed by atoms with van der Waals surface area (Å²) < 4.78 is 23.9. The van der Waals surface area contributed by atoms with Crippen LogP contribution in [0.3, 0.4) is 0 Å². The maximum absolute atomic E-state index is 14.0. The third-order valence-corrected chi connectivity index (χ3v) is 13.7. The Morgan fingerprint density at radius 3 is 2.14 bits per heavy atom. The predicted octanol–water partition coefficient (Wildman–Crippen LogP) is 4.15. The lowest BCUT2D eigenvalue weighted by atomic mass is 9.78. The van der Waals surface area contributed by atoms with E-state index in [0.29, 0.717) is 13.0 Å². The van der Waals surface area contributed by atoms with Gasteiger partial charge in [0, 0.05) is 38.4 Å². The Labute approximate surface area is 390 Å². The van der Waals surface area contributed by atoms with E-state index in [1.165, 1.54) is 25.8 Å². The van der Waals surface area contributed by atoms with Gasteiger partial charge in [-0.05, 0) is 90.8 Å². The van der Waals surface area contributed by atoms with E-state index in [2.05, 4.69) is 5.32 Å². The Kier molecular flexibility index (Phi) is 20.1. The summed E-state index contributed by atoms with van der Waals surface area (Å²) in [4.78, 5) is 57.4. The summed E-state index contributed by atoms with van der Waals surface area (Å²) in [6.07, 6.45) is -8.43. The molecule has 2 fully saturated rings. The molecule has 0 radical (unpaired) electrons. The molecular weight excluding hydrogens is 851 g/mol. The molecule has 0 bridgehead atoms. The van der Waals surface area contributed by atoms with Crippen LogP contribution in [0.1, 0.15) is 105 Å². The highest BCUT2D eigenvalue weighted by Crippen LogP contribution is 2.37. The van der Waals surface area contributed by atoms with Gasteiger partial charge in [-0.2, -0.15) is 0 Å². The van der Waals surface area contributed by atoms with Gasteiger partial charge in [0.15, 0.2) is 12.1 Å². The van der Waals surface area contributed by atoms with E-state index in [-0.39, 0.29) is 56.8 Å². The fourth-order valence-electron chi connectivity index (χ4n) is 9.54. The zero-order valence-corrected chi connectivity index (χ0v) is 40.5. The Bertz CT molecular complexity index is 1850. The molecule has 2 aromatic carbocycles. The minimum Gasteiger partial charge on any atom is -0.459 e. The number of carbonyl (C=O) groups excluding carboxylic acids is 4. The van der Waals surface area contributed by atoms with E-state index in [0.717, 1.165) is 11.1 Å². The number of Topliss-reactive ketones (excluding diaryl/α,β-unsaturated/α-hetero) is 1. The summed E-state index contributed by atoms with van der Waals surface area (Å²) in [7, 11) is 3.33. The molecule has 4 rings (SSSR count). The second-order valence-electron chi connectivity index (χ2n) is 19.4. The van der Waals surface area contributed by atoms with Crippen LogP contribution in [-0.4, -0.2) is 152 Å². The molecule has 2 aliphatic rings. The highest BCUT2D eigenvalue weighted by Gasteiger charge is 2.50. The zero-order valence-electron chi connectivity index (χ0n) is 40.5. The number of ketones is 1. The second kappa shape index (κ2) is 24.3. The predicted molar refractivity (Wildman–Crippen MR) is 247 cm³/mol. The van der Waals surface area contributed by atoms with Gasteiger partial charge in [-0.1, -0.05) is 81.4 Å². The van der Waals surface area contributed by atoms with Crippen molar-refractivity contribution < 1.29 is 63.7 Å². The first-order valence-electron chi connectivity index (χ1n) is 23.5. The van der Waals surface area contributed by atoms with Crippen LogP contribution in [0.2, 0.25) is 0 Å². The molecule has 0 unspecified atom stereocenters. The lowest BCUT2D eigenvalue weighted by Gasteiger charge is -2.47. The molecule has 16 nitrogen and oxygen atoms in total. The smallest absolute Gasteiger partial charge is 0.408 e. The maximum atomic E-state index is 14.0. The van der Waals surface area contributed by atoms with Gasteiger partial charge in [0.25, 0.3) is 0 Å². The van der Waals surface area contributed by atoms with Crippen LogP contribution in [0, 0.1) is 17.8 Å². The molecule has 2 aliphatic heterocycles. The number of aliphatic hydroxyl groups excluding tert-OH is 3.